The van der Waals surface area contributed by atoms with E-state index in [0.29, 0.717) is 5.91 Å². The predicted octanol–water partition coefficient (Wildman–Crippen LogP) is 3.28. The first-order chi connectivity index (χ1) is 10.2. The van der Waals surface area contributed by atoms with Crippen LogP contribution in [0, 0.1) is 5.92 Å². The molecule has 2 saturated heterocycles. The normalized spacial score (nSPS) is 23.5. The van der Waals surface area contributed by atoms with Crippen molar-refractivity contribution in [3.05, 3.63) is 34.3 Å². The highest BCUT2D eigenvalue weighted by Crippen LogP contribution is 2.24. The van der Waals surface area contributed by atoms with Crippen molar-refractivity contribution >= 4 is 21.8 Å². The lowest BCUT2D eigenvalue weighted by Crippen LogP contribution is -2.43. The predicted molar refractivity (Wildman–Crippen MR) is 88.0 cm³/mol. The fraction of sp³-hybridized carbons (Fsp3) is 0.588. The van der Waals surface area contributed by atoms with Crippen molar-refractivity contribution in [1.82, 2.24) is 9.80 Å². The van der Waals surface area contributed by atoms with Crippen LogP contribution in [0.1, 0.15) is 31.2 Å². The van der Waals surface area contributed by atoms with Crippen molar-refractivity contribution in [2.45, 2.75) is 32.2 Å². The Morgan fingerprint density at radius 3 is 2.67 bits per heavy atom. The van der Waals surface area contributed by atoms with Crippen molar-refractivity contribution < 1.29 is 4.79 Å². The average Bonchev–Trinajstić information content (AvgIpc) is 3.03. The summed E-state index contributed by atoms with van der Waals surface area (Å²) in [5.41, 5.74) is 1.31. The number of likely N-dealkylation sites (tertiary alicyclic amines) is 2. The van der Waals surface area contributed by atoms with Crippen LogP contribution < -0.4 is 0 Å². The Kier molecular flexibility index (Phi) is 4.96. The molecule has 0 unspecified atom stereocenters. The van der Waals surface area contributed by atoms with Gasteiger partial charge >= 0.3 is 0 Å². The van der Waals surface area contributed by atoms with Crippen LogP contribution in [-0.2, 0) is 11.3 Å². The zero-order valence-corrected chi connectivity index (χ0v) is 14.0. The van der Waals surface area contributed by atoms with Crippen LogP contribution in [0.25, 0.3) is 0 Å². The number of rotatable bonds is 3. The van der Waals surface area contributed by atoms with E-state index in [1.54, 1.807) is 0 Å². The highest BCUT2D eigenvalue weighted by molar-refractivity contribution is 9.10. The molecule has 114 valence electrons. The maximum absolute atomic E-state index is 12.6. The lowest BCUT2D eigenvalue weighted by Gasteiger charge is -2.34. The molecule has 0 N–H and O–H groups in total. The van der Waals surface area contributed by atoms with Gasteiger partial charge in [-0.1, -0.05) is 34.1 Å². The quantitative estimate of drug-likeness (QED) is 0.834. The first kappa shape index (κ1) is 15.0. The van der Waals surface area contributed by atoms with Gasteiger partial charge in [-0.3, -0.25) is 9.69 Å². The van der Waals surface area contributed by atoms with E-state index in [4.69, 9.17) is 0 Å². The van der Waals surface area contributed by atoms with Crippen molar-refractivity contribution in [2.75, 3.05) is 26.2 Å². The van der Waals surface area contributed by atoms with Gasteiger partial charge in [0.15, 0.2) is 0 Å². The Bertz CT molecular complexity index is 499. The second kappa shape index (κ2) is 6.93. The Morgan fingerprint density at radius 2 is 1.90 bits per heavy atom. The third-order valence-electron chi connectivity index (χ3n) is 4.62. The van der Waals surface area contributed by atoms with Crippen LogP contribution in [0.3, 0.4) is 0 Å². The molecule has 21 heavy (non-hydrogen) atoms. The third kappa shape index (κ3) is 3.67. The number of carbonyl (C=O) groups is 1. The molecule has 3 nitrogen and oxygen atoms in total. The van der Waals surface area contributed by atoms with Crippen LogP contribution >= 0.6 is 15.9 Å². The fourth-order valence-corrected chi connectivity index (χ4v) is 3.87. The van der Waals surface area contributed by atoms with E-state index in [-0.39, 0.29) is 5.92 Å². The number of piperidine rings is 1. The highest BCUT2D eigenvalue weighted by Gasteiger charge is 2.30. The summed E-state index contributed by atoms with van der Waals surface area (Å²) in [5.74, 6) is 0.601. The monoisotopic (exact) mass is 350 g/mol. The summed E-state index contributed by atoms with van der Waals surface area (Å²) in [4.78, 5) is 17.1. The second-order valence-electron chi connectivity index (χ2n) is 6.20. The molecule has 0 spiro atoms. The molecule has 0 saturated carbocycles. The van der Waals surface area contributed by atoms with Crippen molar-refractivity contribution in [1.29, 1.82) is 0 Å². The Hall–Kier alpha value is -0.870. The maximum atomic E-state index is 12.6. The minimum atomic E-state index is 0.208. The van der Waals surface area contributed by atoms with Crippen LogP contribution in [0.5, 0.6) is 0 Å². The van der Waals surface area contributed by atoms with Gasteiger partial charge in [0, 0.05) is 30.7 Å². The smallest absolute Gasteiger partial charge is 0.226 e. The van der Waals surface area contributed by atoms with Gasteiger partial charge in [-0.25, -0.2) is 0 Å². The molecule has 0 aliphatic carbocycles. The summed E-state index contributed by atoms with van der Waals surface area (Å²) >= 11 is 3.62. The summed E-state index contributed by atoms with van der Waals surface area (Å²) < 4.78 is 1.16. The molecule has 1 amide bonds. The molecule has 0 bridgehead atoms. The average molecular weight is 351 g/mol. The van der Waals surface area contributed by atoms with E-state index in [9.17, 15) is 4.79 Å². The first-order valence-corrected chi connectivity index (χ1v) is 8.78. The van der Waals surface area contributed by atoms with E-state index >= 15 is 0 Å². The molecule has 1 aromatic rings. The van der Waals surface area contributed by atoms with Gasteiger partial charge in [0.1, 0.15) is 0 Å². The number of amides is 1. The largest absolute Gasteiger partial charge is 0.342 e. The van der Waals surface area contributed by atoms with E-state index in [2.05, 4.69) is 43.9 Å². The Morgan fingerprint density at radius 1 is 1.14 bits per heavy atom. The molecule has 2 fully saturated rings. The van der Waals surface area contributed by atoms with Crippen LogP contribution in [0.4, 0.5) is 0 Å². The molecule has 3 rings (SSSR count). The third-order valence-corrected chi connectivity index (χ3v) is 5.40. The van der Waals surface area contributed by atoms with E-state index in [0.717, 1.165) is 50.0 Å². The SMILES string of the molecule is O=C([C@@H]1CCCN(Cc2ccccc2Br)C1)N1CCCC1. The first-order valence-electron chi connectivity index (χ1n) is 7.98. The molecule has 0 aromatic heterocycles. The number of nitrogens with zero attached hydrogens (tertiary/aromatic N) is 2. The molecule has 2 aliphatic rings. The van der Waals surface area contributed by atoms with E-state index in [1.165, 1.54) is 18.4 Å². The zero-order chi connectivity index (χ0) is 14.7. The number of benzene rings is 1. The summed E-state index contributed by atoms with van der Waals surface area (Å²) in [6, 6.07) is 8.38. The summed E-state index contributed by atoms with van der Waals surface area (Å²) in [5, 5.41) is 0. The van der Waals surface area contributed by atoms with Gasteiger partial charge in [0.2, 0.25) is 5.91 Å². The lowest BCUT2D eigenvalue weighted by molar-refractivity contribution is -0.136. The minimum Gasteiger partial charge on any atom is -0.342 e. The van der Waals surface area contributed by atoms with Gasteiger partial charge < -0.3 is 4.90 Å². The summed E-state index contributed by atoms with van der Waals surface area (Å²) in [6.07, 6.45) is 4.55. The van der Waals surface area contributed by atoms with Gasteiger partial charge in [-0.05, 0) is 43.9 Å². The van der Waals surface area contributed by atoms with Gasteiger partial charge in [0.25, 0.3) is 0 Å². The van der Waals surface area contributed by atoms with Crippen molar-refractivity contribution in [2.24, 2.45) is 5.92 Å². The molecule has 0 radical (unpaired) electrons. The van der Waals surface area contributed by atoms with Gasteiger partial charge in [-0.15, -0.1) is 0 Å². The number of hydrogen-bond acceptors (Lipinski definition) is 2. The molecule has 4 heteroatoms. The van der Waals surface area contributed by atoms with Crippen LogP contribution in [-0.4, -0.2) is 41.9 Å². The van der Waals surface area contributed by atoms with Crippen LogP contribution in [0.15, 0.2) is 28.7 Å². The number of hydrogen-bond donors (Lipinski definition) is 0. The Labute approximate surface area is 135 Å². The lowest BCUT2D eigenvalue weighted by atomic mass is 9.96. The van der Waals surface area contributed by atoms with E-state index < -0.39 is 0 Å². The topological polar surface area (TPSA) is 23.6 Å². The van der Waals surface area contributed by atoms with Gasteiger partial charge in [0.05, 0.1) is 5.92 Å². The molecular weight excluding hydrogens is 328 g/mol. The molecular formula is C17H23BrN2O. The Balaban J connectivity index is 1.60. The number of carbonyl (C=O) groups excluding carboxylic acids is 1. The van der Waals surface area contributed by atoms with Crippen molar-refractivity contribution in [3.8, 4) is 0 Å². The van der Waals surface area contributed by atoms with E-state index in [1.807, 2.05) is 6.07 Å². The highest BCUT2D eigenvalue weighted by atomic mass is 79.9. The fourth-order valence-electron chi connectivity index (χ4n) is 3.46. The molecule has 1 atom stereocenters. The number of halogens is 1. The molecule has 2 heterocycles. The second-order valence-corrected chi connectivity index (χ2v) is 7.05. The maximum Gasteiger partial charge on any atom is 0.226 e. The molecule has 1 aromatic carbocycles. The minimum absolute atomic E-state index is 0.208. The standard InChI is InChI=1S/C17H23BrN2O/c18-16-8-2-1-6-14(16)12-19-9-5-7-15(13-19)17(21)20-10-3-4-11-20/h1-2,6,8,15H,3-5,7,9-13H2/t15-/m1/s1. The summed E-state index contributed by atoms with van der Waals surface area (Å²) in [7, 11) is 0. The zero-order valence-electron chi connectivity index (χ0n) is 12.4. The van der Waals surface area contributed by atoms with Gasteiger partial charge in [-0.2, -0.15) is 0 Å². The van der Waals surface area contributed by atoms with Crippen LogP contribution in [0.2, 0.25) is 0 Å². The molecule has 2 aliphatic heterocycles. The summed E-state index contributed by atoms with van der Waals surface area (Å²) in [6.45, 7) is 4.89. The van der Waals surface area contributed by atoms with Crippen molar-refractivity contribution in [3.63, 3.8) is 0 Å².